The van der Waals surface area contributed by atoms with Crippen LogP contribution in [0.4, 0.5) is 0 Å². The van der Waals surface area contributed by atoms with Crippen molar-refractivity contribution in [3.8, 4) is 0 Å². The van der Waals surface area contributed by atoms with Crippen LogP contribution in [0.5, 0.6) is 0 Å². The first kappa shape index (κ1) is 14.7. The Balaban J connectivity index is 2.16. The molecule has 1 aromatic rings. The molecule has 104 valence electrons. The number of nitrogens with zero attached hydrogens (tertiary/aromatic N) is 1. The second-order valence-corrected chi connectivity index (χ2v) is 7.03. The van der Waals surface area contributed by atoms with Crippen LogP contribution in [-0.4, -0.2) is 46.8 Å². The van der Waals surface area contributed by atoms with Crippen molar-refractivity contribution in [3.63, 3.8) is 0 Å². The molecule has 1 saturated heterocycles. The largest absolute Gasteiger partial charge is 0.465 e. The molecule has 0 atom stereocenters. The van der Waals surface area contributed by atoms with Crippen LogP contribution in [0.3, 0.4) is 0 Å². The SMILES string of the molecule is COC(=O)c1ccc(Br)cc1CN1CCS(=O)CC1. The van der Waals surface area contributed by atoms with Crippen LogP contribution >= 0.6 is 15.9 Å². The number of benzene rings is 1. The normalized spacial score (nSPS) is 17.4. The van der Waals surface area contributed by atoms with Gasteiger partial charge in [0.2, 0.25) is 0 Å². The molecule has 0 N–H and O–H groups in total. The van der Waals surface area contributed by atoms with E-state index in [0.29, 0.717) is 23.6 Å². The maximum absolute atomic E-state index is 11.7. The van der Waals surface area contributed by atoms with Crippen molar-refractivity contribution in [1.29, 1.82) is 0 Å². The van der Waals surface area contributed by atoms with Gasteiger partial charge in [0, 0.05) is 46.4 Å². The zero-order valence-corrected chi connectivity index (χ0v) is 13.1. The molecular formula is C13H16BrNO3S. The van der Waals surface area contributed by atoms with Crippen molar-refractivity contribution >= 4 is 32.7 Å². The van der Waals surface area contributed by atoms with Crippen molar-refractivity contribution in [2.24, 2.45) is 0 Å². The molecule has 0 saturated carbocycles. The van der Waals surface area contributed by atoms with E-state index in [1.165, 1.54) is 7.11 Å². The summed E-state index contributed by atoms with van der Waals surface area (Å²) < 4.78 is 17.1. The van der Waals surface area contributed by atoms with Gasteiger partial charge in [-0.1, -0.05) is 15.9 Å². The van der Waals surface area contributed by atoms with Crippen molar-refractivity contribution < 1.29 is 13.7 Å². The average molecular weight is 346 g/mol. The number of esters is 1. The lowest BCUT2D eigenvalue weighted by Crippen LogP contribution is -2.37. The number of hydrogen-bond donors (Lipinski definition) is 0. The minimum atomic E-state index is -0.682. The lowest BCUT2D eigenvalue weighted by Gasteiger charge is -2.26. The molecule has 1 aromatic carbocycles. The molecule has 1 fully saturated rings. The molecule has 0 aromatic heterocycles. The summed E-state index contributed by atoms with van der Waals surface area (Å²) >= 11 is 3.42. The van der Waals surface area contributed by atoms with E-state index in [1.54, 1.807) is 6.07 Å². The van der Waals surface area contributed by atoms with Gasteiger partial charge in [-0.15, -0.1) is 0 Å². The van der Waals surface area contributed by atoms with Crippen LogP contribution in [-0.2, 0) is 22.1 Å². The Morgan fingerprint density at radius 3 is 2.74 bits per heavy atom. The summed E-state index contributed by atoms with van der Waals surface area (Å²) in [6.45, 7) is 2.29. The molecule has 1 heterocycles. The zero-order valence-electron chi connectivity index (χ0n) is 10.7. The predicted molar refractivity (Wildman–Crippen MR) is 78.6 cm³/mol. The van der Waals surface area contributed by atoms with Gasteiger partial charge < -0.3 is 4.74 Å². The number of rotatable bonds is 3. The summed E-state index contributed by atoms with van der Waals surface area (Å²) in [5.74, 6) is 1.10. The van der Waals surface area contributed by atoms with Crippen LogP contribution in [0.25, 0.3) is 0 Å². The minimum Gasteiger partial charge on any atom is -0.465 e. The summed E-state index contributed by atoms with van der Waals surface area (Å²) in [6.07, 6.45) is 0. The number of ether oxygens (including phenoxy) is 1. The van der Waals surface area contributed by atoms with E-state index in [1.807, 2.05) is 12.1 Å². The summed E-state index contributed by atoms with van der Waals surface area (Å²) in [7, 11) is 0.706. The first-order chi connectivity index (χ1) is 9.10. The van der Waals surface area contributed by atoms with Gasteiger partial charge in [0.25, 0.3) is 0 Å². The van der Waals surface area contributed by atoms with E-state index in [2.05, 4.69) is 20.8 Å². The number of carbonyl (C=O) groups excluding carboxylic acids is 1. The van der Waals surface area contributed by atoms with E-state index in [0.717, 1.165) is 23.1 Å². The molecule has 0 amide bonds. The molecule has 0 spiro atoms. The third-order valence-corrected chi connectivity index (χ3v) is 4.91. The lowest BCUT2D eigenvalue weighted by atomic mass is 10.1. The smallest absolute Gasteiger partial charge is 0.338 e. The topological polar surface area (TPSA) is 46.6 Å². The monoisotopic (exact) mass is 345 g/mol. The molecule has 0 unspecified atom stereocenters. The highest BCUT2D eigenvalue weighted by molar-refractivity contribution is 9.10. The Morgan fingerprint density at radius 1 is 1.42 bits per heavy atom. The zero-order chi connectivity index (χ0) is 13.8. The number of halogens is 1. The third kappa shape index (κ3) is 3.87. The van der Waals surface area contributed by atoms with E-state index in [4.69, 9.17) is 4.74 Å². The van der Waals surface area contributed by atoms with Gasteiger partial charge in [-0.25, -0.2) is 4.79 Å². The van der Waals surface area contributed by atoms with Crippen LogP contribution in [0.2, 0.25) is 0 Å². The van der Waals surface area contributed by atoms with Crippen LogP contribution in [0.15, 0.2) is 22.7 Å². The van der Waals surface area contributed by atoms with E-state index < -0.39 is 10.8 Å². The number of hydrogen-bond acceptors (Lipinski definition) is 4. The Kier molecular flexibility index (Phi) is 5.13. The molecule has 1 aliphatic rings. The summed E-state index contributed by atoms with van der Waals surface area (Å²) in [4.78, 5) is 14.0. The molecule has 6 heteroatoms. The van der Waals surface area contributed by atoms with Gasteiger partial charge in [-0.2, -0.15) is 0 Å². The first-order valence-electron chi connectivity index (χ1n) is 6.04. The lowest BCUT2D eigenvalue weighted by molar-refractivity contribution is 0.0598. The van der Waals surface area contributed by atoms with Gasteiger partial charge in [0.15, 0.2) is 0 Å². The van der Waals surface area contributed by atoms with Crippen molar-refractivity contribution in [3.05, 3.63) is 33.8 Å². The third-order valence-electron chi connectivity index (χ3n) is 3.14. The maximum atomic E-state index is 11.7. The quantitative estimate of drug-likeness (QED) is 0.783. The molecule has 1 aliphatic heterocycles. The molecule has 2 rings (SSSR count). The van der Waals surface area contributed by atoms with Gasteiger partial charge in [0.1, 0.15) is 0 Å². The highest BCUT2D eigenvalue weighted by Crippen LogP contribution is 2.20. The second-order valence-electron chi connectivity index (χ2n) is 4.42. The first-order valence-corrected chi connectivity index (χ1v) is 8.32. The Morgan fingerprint density at radius 2 is 2.11 bits per heavy atom. The maximum Gasteiger partial charge on any atom is 0.338 e. The van der Waals surface area contributed by atoms with Gasteiger partial charge in [-0.05, 0) is 23.8 Å². The number of methoxy groups -OCH3 is 1. The minimum absolute atomic E-state index is 0.317. The van der Waals surface area contributed by atoms with Gasteiger partial charge >= 0.3 is 5.97 Å². The highest BCUT2D eigenvalue weighted by Gasteiger charge is 2.18. The standard InChI is InChI=1S/C13H16BrNO3S/c1-18-13(16)12-3-2-11(14)8-10(12)9-15-4-6-19(17)7-5-15/h2-3,8H,4-7,9H2,1H3. The molecule has 0 bridgehead atoms. The Bertz CT molecular complexity index is 497. The number of carbonyl (C=O) groups is 1. The summed E-state index contributed by atoms with van der Waals surface area (Å²) in [5, 5.41) is 0. The second kappa shape index (κ2) is 6.63. The summed E-state index contributed by atoms with van der Waals surface area (Å²) in [5.41, 5.74) is 1.53. The van der Waals surface area contributed by atoms with Gasteiger partial charge in [-0.3, -0.25) is 9.11 Å². The fourth-order valence-electron chi connectivity index (χ4n) is 2.08. The molecular weight excluding hydrogens is 330 g/mol. The highest BCUT2D eigenvalue weighted by atomic mass is 79.9. The van der Waals surface area contributed by atoms with Crippen LogP contribution in [0, 0.1) is 0 Å². The van der Waals surface area contributed by atoms with Crippen LogP contribution in [0.1, 0.15) is 15.9 Å². The van der Waals surface area contributed by atoms with E-state index in [9.17, 15) is 9.00 Å². The van der Waals surface area contributed by atoms with Crippen molar-refractivity contribution in [2.75, 3.05) is 31.7 Å². The van der Waals surface area contributed by atoms with Gasteiger partial charge in [0.05, 0.1) is 12.7 Å². The van der Waals surface area contributed by atoms with Crippen molar-refractivity contribution in [2.45, 2.75) is 6.54 Å². The predicted octanol–water partition coefficient (Wildman–Crippen LogP) is 1.80. The fraction of sp³-hybridized carbons (Fsp3) is 0.462. The van der Waals surface area contributed by atoms with E-state index in [-0.39, 0.29) is 5.97 Å². The van der Waals surface area contributed by atoms with Crippen LogP contribution < -0.4 is 0 Å². The van der Waals surface area contributed by atoms with Crippen molar-refractivity contribution in [1.82, 2.24) is 4.90 Å². The molecule has 0 aliphatic carbocycles. The fourth-order valence-corrected chi connectivity index (χ4v) is 3.61. The molecule has 0 radical (unpaired) electrons. The average Bonchev–Trinajstić information content (AvgIpc) is 2.41. The summed E-state index contributed by atoms with van der Waals surface area (Å²) in [6, 6.07) is 5.55. The molecule has 19 heavy (non-hydrogen) atoms. The molecule has 4 nitrogen and oxygen atoms in total. The van der Waals surface area contributed by atoms with E-state index >= 15 is 0 Å². The Labute approximate surface area is 123 Å². The Hall–Kier alpha value is -0.720.